The third-order valence-corrected chi connectivity index (χ3v) is 9.43. The normalized spacial score (nSPS) is 11.8. The van der Waals surface area contributed by atoms with Gasteiger partial charge in [-0.3, -0.25) is 14.4 Å². The summed E-state index contributed by atoms with van der Waals surface area (Å²) in [6.07, 6.45) is 1.68. The van der Waals surface area contributed by atoms with Crippen LogP contribution in [0.25, 0.3) is 16.8 Å². The van der Waals surface area contributed by atoms with Crippen molar-refractivity contribution in [3.63, 3.8) is 0 Å². The highest BCUT2D eigenvalue weighted by Gasteiger charge is 2.23. The van der Waals surface area contributed by atoms with E-state index in [2.05, 4.69) is 16.0 Å². The number of anilines is 2. The largest absolute Gasteiger partial charge is 0.325 e. The zero-order valence-corrected chi connectivity index (χ0v) is 28.1. The average molecular weight is 682 g/mol. The van der Waals surface area contributed by atoms with Gasteiger partial charge < -0.3 is 16.0 Å². The molecule has 0 heterocycles. The lowest BCUT2D eigenvalue weighted by Gasteiger charge is -2.18. The number of thioether (sulfide) groups is 1. The highest BCUT2D eigenvalue weighted by Crippen LogP contribution is 2.37. The monoisotopic (exact) mass is 681 g/mol. The molecule has 0 spiro atoms. The number of carbonyl (C=O) groups excluding carboxylic acids is 3. The van der Waals surface area contributed by atoms with Crippen molar-refractivity contribution in [1.82, 2.24) is 5.32 Å². The van der Waals surface area contributed by atoms with Crippen LogP contribution in [-0.2, 0) is 9.59 Å². The maximum absolute atomic E-state index is 13.9. The number of nitrogens with one attached hydrogen (secondary N) is 3. The molecule has 3 N–H and O–H groups in total. The van der Waals surface area contributed by atoms with E-state index in [4.69, 9.17) is 11.6 Å². The predicted molar refractivity (Wildman–Crippen MR) is 201 cm³/mol. The summed E-state index contributed by atoms with van der Waals surface area (Å²) in [4.78, 5) is 41.5. The van der Waals surface area contributed by atoms with Crippen molar-refractivity contribution in [2.24, 2.45) is 0 Å². The summed E-state index contributed by atoms with van der Waals surface area (Å²) in [6.45, 7) is 1.90. The van der Waals surface area contributed by atoms with Crippen LogP contribution in [0.5, 0.6) is 0 Å². The maximum Gasteiger partial charge on any atom is 0.272 e. The van der Waals surface area contributed by atoms with Gasteiger partial charge in [0.2, 0.25) is 5.91 Å². The number of fused-ring (bicyclic) bond motifs is 1. The second-order valence-corrected chi connectivity index (χ2v) is 12.9. The molecule has 0 fully saturated rings. The van der Waals surface area contributed by atoms with E-state index in [9.17, 15) is 14.4 Å². The Kier molecular flexibility index (Phi) is 10.5. The SMILES string of the molecule is Cc1ccc(NC(=O)C(Sc2cccc(NC(=O)/C(=C\c3cccc4ccccc34)NC(=O)c3ccccc3)c2)c2ccccc2)cc1Cl. The molecular weight excluding hydrogens is 650 g/mol. The molecule has 8 heteroatoms. The number of aryl methyl sites for hydroxylation is 1. The maximum atomic E-state index is 13.9. The molecule has 0 aliphatic heterocycles. The summed E-state index contributed by atoms with van der Waals surface area (Å²) >= 11 is 7.67. The van der Waals surface area contributed by atoms with E-state index in [-0.39, 0.29) is 11.6 Å². The molecule has 0 saturated carbocycles. The van der Waals surface area contributed by atoms with Crippen LogP contribution in [0.2, 0.25) is 5.02 Å². The molecule has 242 valence electrons. The zero-order chi connectivity index (χ0) is 34.2. The summed E-state index contributed by atoms with van der Waals surface area (Å²) in [6, 6.07) is 44.6. The summed E-state index contributed by atoms with van der Waals surface area (Å²) in [7, 11) is 0. The van der Waals surface area contributed by atoms with Crippen LogP contribution in [0, 0.1) is 6.92 Å². The molecule has 0 aliphatic rings. The van der Waals surface area contributed by atoms with E-state index in [1.807, 2.05) is 116 Å². The first-order chi connectivity index (χ1) is 23.8. The van der Waals surface area contributed by atoms with E-state index in [0.717, 1.165) is 32.4 Å². The number of hydrogen-bond donors (Lipinski definition) is 3. The van der Waals surface area contributed by atoms with Gasteiger partial charge in [0.25, 0.3) is 11.8 Å². The van der Waals surface area contributed by atoms with Crippen LogP contribution >= 0.6 is 23.4 Å². The quantitative estimate of drug-likeness (QED) is 0.0993. The second-order valence-electron chi connectivity index (χ2n) is 11.3. The first-order valence-corrected chi connectivity index (χ1v) is 16.9. The van der Waals surface area contributed by atoms with Gasteiger partial charge in [-0.05, 0) is 82.9 Å². The van der Waals surface area contributed by atoms with Gasteiger partial charge in [-0.2, -0.15) is 0 Å². The summed E-state index contributed by atoms with van der Waals surface area (Å²) < 4.78 is 0. The van der Waals surface area contributed by atoms with Gasteiger partial charge in [0.1, 0.15) is 10.9 Å². The van der Waals surface area contributed by atoms with Crippen molar-refractivity contribution in [2.75, 3.05) is 10.6 Å². The topological polar surface area (TPSA) is 87.3 Å². The van der Waals surface area contributed by atoms with Crippen LogP contribution in [0.4, 0.5) is 11.4 Å². The first kappa shape index (κ1) is 33.3. The molecule has 0 bridgehead atoms. The predicted octanol–water partition coefficient (Wildman–Crippen LogP) is 9.68. The number of amides is 3. The molecule has 0 radical (unpaired) electrons. The Morgan fingerprint density at radius 3 is 2.14 bits per heavy atom. The van der Waals surface area contributed by atoms with E-state index in [0.29, 0.717) is 22.0 Å². The minimum Gasteiger partial charge on any atom is -0.325 e. The molecular formula is C41H32ClN3O3S. The summed E-state index contributed by atoms with van der Waals surface area (Å²) in [5.74, 6) is -1.11. The zero-order valence-electron chi connectivity index (χ0n) is 26.5. The Morgan fingerprint density at radius 2 is 1.37 bits per heavy atom. The fourth-order valence-corrected chi connectivity index (χ4v) is 6.50. The fraction of sp³-hybridized carbons (Fsp3) is 0.0488. The van der Waals surface area contributed by atoms with Crippen molar-refractivity contribution in [3.8, 4) is 0 Å². The first-order valence-electron chi connectivity index (χ1n) is 15.6. The standard InChI is InChI=1S/C41H32ClN3O3S/c1-27-22-23-33(26-36(27)42)44-41(48)38(29-13-4-2-5-14-29)49-34-20-11-19-32(25-34)43-40(47)37(45-39(46)30-15-6-3-7-16-30)24-31-18-10-17-28-12-8-9-21-35(28)31/h2-26,38H,1H3,(H,43,47)(H,44,48)(H,45,46)/b37-24+. The highest BCUT2D eigenvalue weighted by atomic mass is 35.5. The van der Waals surface area contributed by atoms with Crippen molar-refractivity contribution in [3.05, 3.63) is 179 Å². The van der Waals surface area contributed by atoms with E-state index in [1.54, 1.807) is 42.5 Å². The van der Waals surface area contributed by atoms with Gasteiger partial charge >= 0.3 is 0 Å². The number of halogens is 1. The van der Waals surface area contributed by atoms with Crippen LogP contribution < -0.4 is 16.0 Å². The minimum atomic E-state index is -0.598. The van der Waals surface area contributed by atoms with Gasteiger partial charge in [0.05, 0.1) is 0 Å². The molecule has 49 heavy (non-hydrogen) atoms. The van der Waals surface area contributed by atoms with Gasteiger partial charge in [0, 0.05) is 26.9 Å². The Labute approximate surface area is 294 Å². The van der Waals surface area contributed by atoms with Crippen LogP contribution in [0.1, 0.15) is 32.3 Å². The number of benzene rings is 6. The molecule has 0 saturated heterocycles. The van der Waals surface area contributed by atoms with Gasteiger partial charge in [-0.25, -0.2) is 0 Å². The average Bonchev–Trinajstić information content (AvgIpc) is 3.13. The summed E-state index contributed by atoms with van der Waals surface area (Å²) in [5.41, 5.74) is 4.14. The summed E-state index contributed by atoms with van der Waals surface area (Å²) in [5, 5.41) is 10.7. The van der Waals surface area contributed by atoms with Crippen molar-refractivity contribution >= 4 is 69.3 Å². The molecule has 6 aromatic rings. The van der Waals surface area contributed by atoms with Crippen molar-refractivity contribution < 1.29 is 14.4 Å². The number of hydrogen-bond acceptors (Lipinski definition) is 4. The third kappa shape index (κ3) is 8.46. The lowest BCUT2D eigenvalue weighted by molar-refractivity contribution is -0.116. The Hall–Kier alpha value is -5.63. The van der Waals surface area contributed by atoms with Crippen LogP contribution in [0.3, 0.4) is 0 Å². The van der Waals surface area contributed by atoms with Gasteiger partial charge in [0.15, 0.2) is 0 Å². The molecule has 6 rings (SSSR count). The smallest absolute Gasteiger partial charge is 0.272 e. The minimum absolute atomic E-state index is 0.0848. The Balaban J connectivity index is 1.27. The van der Waals surface area contributed by atoms with Crippen molar-refractivity contribution in [2.45, 2.75) is 17.1 Å². The molecule has 1 unspecified atom stereocenters. The number of carbonyl (C=O) groups is 3. The molecule has 6 aromatic carbocycles. The van der Waals surface area contributed by atoms with E-state index >= 15 is 0 Å². The van der Waals surface area contributed by atoms with Crippen LogP contribution in [0.15, 0.2) is 156 Å². The molecule has 1 atom stereocenters. The molecule has 0 aliphatic carbocycles. The van der Waals surface area contributed by atoms with Gasteiger partial charge in [-0.15, -0.1) is 11.8 Å². The van der Waals surface area contributed by atoms with E-state index in [1.165, 1.54) is 11.8 Å². The second kappa shape index (κ2) is 15.5. The lowest BCUT2D eigenvalue weighted by Crippen LogP contribution is -2.30. The Bertz CT molecular complexity index is 2170. The van der Waals surface area contributed by atoms with E-state index < -0.39 is 17.1 Å². The Morgan fingerprint density at radius 1 is 0.694 bits per heavy atom. The van der Waals surface area contributed by atoms with Gasteiger partial charge in [-0.1, -0.05) is 115 Å². The number of rotatable bonds is 10. The third-order valence-electron chi connectivity index (χ3n) is 7.78. The molecule has 3 amide bonds. The highest BCUT2D eigenvalue weighted by molar-refractivity contribution is 8.00. The lowest BCUT2D eigenvalue weighted by atomic mass is 10.0. The fourth-order valence-electron chi connectivity index (χ4n) is 5.24. The molecule has 6 nitrogen and oxygen atoms in total. The molecule has 0 aromatic heterocycles. The van der Waals surface area contributed by atoms with Crippen LogP contribution in [-0.4, -0.2) is 17.7 Å². The van der Waals surface area contributed by atoms with Crippen molar-refractivity contribution in [1.29, 1.82) is 0 Å².